The Hall–Kier alpha value is -2.52. The smallest absolute Gasteiger partial charge is 0.328 e. The summed E-state index contributed by atoms with van der Waals surface area (Å²) in [7, 11) is 4.21. The predicted molar refractivity (Wildman–Crippen MR) is 103 cm³/mol. The molecule has 2 N–H and O–H groups in total. The van der Waals surface area contributed by atoms with Gasteiger partial charge in [-0.25, -0.2) is 14.6 Å². The van der Waals surface area contributed by atoms with Crippen LogP contribution in [0.5, 0.6) is 5.88 Å². The van der Waals surface area contributed by atoms with Crippen molar-refractivity contribution in [1.29, 1.82) is 0 Å². The summed E-state index contributed by atoms with van der Waals surface area (Å²) in [6, 6.07) is 3.91. The Morgan fingerprint density at radius 1 is 1.22 bits per heavy atom. The lowest BCUT2D eigenvalue weighted by Crippen LogP contribution is -2.52. The lowest BCUT2D eigenvalue weighted by Gasteiger charge is -2.41. The number of rotatable bonds is 2. The van der Waals surface area contributed by atoms with E-state index < -0.39 is 11.9 Å². The third-order valence-corrected chi connectivity index (χ3v) is 4.99. The number of hydrogen-bond donors (Lipinski definition) is 2. The molecule has 3 heterocycles. The minimum absolute atomic E-state index is 0.148. The molecule has 9 heteroatoms. The summed E-state index contributed by atoms with van der Waals surface area (Å²) in [6.07, 6.45) is 4.93. The van der Waals surface area contributed by atoms with E-state index in [2.05, 4.69) is 21.8 Å². The van der Waals surface area contributed by atoms with Crippen molar-refractivity contribution in [3.05, 3.63) is 36.0 Å². The van der Waals surface area contributed by atoms with E-state index in [0.717, 1.165) is 43.0 Å². The van der Waals surface area contributed by atoms with Gasteiger partial charge in [0.25, 0.3) is 0 Å². The summed E-state index contributed by atoms with van der Waals surface area (Å²) in [5, 5.41) is 15.6. The molecular formula is C18H23N3O5S. The molecule has 2 aliphatic heterocycles. The zero-order valence-electron chi connectivity index (χ0n) is 15.3. The highest BCUT2D eigenvalue weighted by atomic mass is 32.1. The Labute approximate surface area is 163 Å². The maximum Gasteiger partial charge on any atom is 0.328 e. The van der Waals surface area contributed by atoms with Crippen LogP contribution in [0.3, 0.4) is 0 Å². The molecule has 0 radical (unpaired) electrons. The van der Waals surface area contributed by atoms with Gasteiger partial charge in [-0.2, -0.15) is 0 Å². The van der Waals surface area contributed by atoms with Crippen LogP contribution in [0.25, 0.3) is 0 Å². The molecule has 1 aromatic heterocycles. The van der Waals surface area contributed by atoms with Crippen LogP contribution < -0.4 is 4.74 Å². The Bertz CT molecular complexity index is 728. The summed E-state index contributed by atoms with van der Waals surface area (Å²) in [5.74, 6) is -1.82. The number of aromatic nitrogens is 1. The van der Waals surface area contributed by atoms with E-state index in [0.29, 0.717) is 18.0 Å². The number of likely N-dealkylation sites (N-methyl/N-ethyl adjacent to an activating group) is 1. The van der Waals surface area contributed by atoms with Crippen LogP contribution in [-0.4, -0.2) is 81.3 Å². The molecule has 8 nitrogen and oxygen atoms in total. The molecule has 0 aliphatic carbocycles. The predicted octanol–water partition coefficient (Wildman–Crippen LogP) is 1.26. The van der Waals surface area contributed by atoms with Gasteiger partial charge in [-0.3, -0.25) is 0 Å². The fourth-order valence-corrected chi connectivity index (χ4v) is 3.23. The second-order valence-electron chi connectivity index (χ2n) is 6.62. The molecule has 0 amide bonds. The van der Waals surface area contributed by atoms with Gasteiger partial charge in [0.05, 0.1) is 12.1 Å². The van der Waals surface area contributed by atoms with Gasteiger partial charge in [0.15, 0.2) is 0 Å². The second kappa shape index (κ2) is 8.92. The number of thiocarbonyl (C=S) groups is 1. The minimum atomic E-state index is -1.26. The van der Waals surface area contributed by atoms with Crippen molar-refractivity contribution >= 4 is 29.1 Å². The van der Waals surface area contributed by atoms with Crippen molar-refractivity contribution in [2.45, 2.75) is 18.4 Å². The molecule has 3 rings (SSSR count). The first-order valence-electron chi connectivity index (χ1n) is 8.44. The first-order chi connectivity index (χ1) is 12.7. The number of carboxylic acid groups (broad SMARTS) is 2. The van der Waals surface area contributed by atoms with Crippen LogP contribution in [0.1, 0.15) is 18.4 Å². The van der Waals surface area contributed by atoms with Crippen LogP contribution in [0.15, 0.2) is 30.5 Å². The summed E-state index contributed by atoms with van der Waals surface area (Å²) < 4.78 is 6.31. The van der Waals surface area contributed by atoms with Gasteiger partial charge < -0.3 is 24.7 Å². The summed E-state index contributed by atoms with van der Waals surface area (Å²) in [6.45, 7) is 2.96. The van der Waals surface area contributed by atoms with Crippen LogP contribution in [-0.2, 0) is 9.59 Å². The quantitative estimate of drug-likeness (QED) is 0.568. The van der Waals surface area contributed by atoms with E-state index in [-0.39, 0.29) is 5.60 Å². The fourth-order valence-electron chi connectivity index (χ4n) is 3.01. The maximum atomic E-state index is 9.55. The molecule has 0 aromatic carbocycles. The maximum absolute atomic E-state index is 9.55. The van der Waals surface area contributed by atoms with Gasteiger partial charge in [0.2, 0.25) is 5.88 Å². The third kappa shape index (κ3) is 5.73. The highest BCUT2D eigenvalue weighted by molar-refractivity contribution is 7.80. The van der Waals surface area contributed by atoms with Gasteiger partial charge in [-0.1, -0.05) is 12.2 Å². The Morgan fingerprint density at radius 2 is 1.81 bits per heavy atom. The first kappa shape index (κ1) is 20.8. The molecule has 0 unspecified atom stereocenters. The fraction of sp³-hybridized carbons (Fsp3) is 0.444. The molecule has 146 valence electrons. The monoisotopic (exact) mass is 393 g/mol. The van der Waals surface area contributed by atoms with Crippen molar-refractivity contribution < 1.29 is 24.5 Å². The Balaban J connectivity index is 0.000000279. The lowest BCUT2D eigenvalue weighted by atomic mass is 9.91. The van der Waals surface area contributed by atoms with Crippen molar-refractivity contribution in [1.82, 2.24) is 14.8 Å². The number of nitrogens with zero attached hydrogens (tertiary/aromatic N) is 3. The molecule has 1 aromatic rings. The highest BCUT2D eigenvalue weighted by Gasteiger charge is 2.40. The van der Waals surface area contributed by atoms with Gasteiger partial charge in [-0.05, 0) is 19.2 Å². The largest absolute Gasteiger partial charge is 0.478 e. The number of piperidine rings is 1. The molecule has 1 spiro atoms. The molecule has 0 atom stereocenters. The van der Waals surface area contributed by atoms with Gasteiger partial charge in [-0.15, -0.1) is 0 Å². The first-order valence-corrected chi connectivity index (χ1v) is 8.85. The van der Waals surface area contributed by atoms with Crippen LogP contribution in [0.4, 0.5) is 0 Å². The minimum Gasteiger partial charge on any atom is -0.478 e. The molecule has 2 aliphatic rings. The molecule has 1 saturated heterocycles. The summed E-state index contributed by atoms with van der Waals surface area (Å²) in [5.41, 5.74) is 0.793. The van der Waals surface area contributed by atoms with E-state index in [1.807, 2.05) is 19.2 Å². The Morgan fingerprint density at radius 3 is 2.37 bits per heavy atom. The van der Waals surface area contributed by atoms with Crippen LogP contribution in [0, 0.1) is 0 Å². The van der Waals surface area contributed by atoms with E-state index in [9.17, 15) is 9.59 Å². The lowest BCUT2D eigenvalue weighted by molar-refractivity contribution is -0.134. The normalized spacial score (nSPS) is 18.9. The van der Waals surface area contributed by atoms with E-state index >= 15 is 0 Å². The number of carbonyl (C=O) groups is 2. The molecule has 1 fully saturated rings. The zero-order chi connectivity index (χ0) is 20.0. The molecule has 0 saturated carbocycles. The molecular weight excluding hydrogens is 370 g/mol. The van der Waals surface area contributed by atoms with Crippen molar-refractivity contribution in [2.24, 2.45) is 0 Å². The average Bonchev–Trinajstić information content (AvgIpc) is 2.72. The number of aliphatic carboxylic acids is 2. The standard InChI is InChI=1S/C14H19N3OS.C4H4O4/c1-16-8-5-14(6-9-16)10-17(2)13(19)11-4-3-7-15-12(11)18-14;5-3(6)1-2-4(7)8/h3-4,7H,5-6,8-10H2,1-2H3;1-2H,(H,5,6)(H,7,8). The van der Waals surface area contributed by atoms with Crippen LogP contribution in [0.2, 0.25) is 0 Å². The highest BCUT2D eigenvalue weighted by Crippen LogP contribution is 2.33. The van der Waals surface area contributed by atoms with Gasteiger partial charge in [0.1, 0.15) is 10.6 Å². The molecule has 0 bridgehead atoms. The van der Waals surface area contributed by atoms with Gasteiger partial charge in [0, 0.05) is 51.3 Å². The zero-order valence-corrected chi connectivity index (χ0v) is 16.1. The number of hydrogen-bond acceptors (Lipinski definition) is 6. The van der Waals surface area contributed by atoms with Gasteiger partial charge >= 0.3 is 11.9 Å². The Kier molecular flexibility index (Phi) is 6.86. The SMILES string of the molecule is CN1CCC2(CC1)CN(C)C(=S)c1cccnc1O2.O=C(O)C=CC(=O)O. The summed E-state index contributed by atoms with van der Waals surface area (Å²) in [4.78, 5) is 28.8. The number of pyridine rings is 1. The number of ether oxygens (including phenoxy) is 1. The summed E-state index contributed by atoms with van der Waals surface area (Å²) >= 11 is 5.54. The second-order valence-corrected chi connectivity index (χ2v) is 7.00. The molecule has 27 heavy (non-hydrogen) atoms. The number of fused-ring (bicyclic) bond motifs is 1. The van der Waals surface area contributed by atoms with E-state index in [1.165, 1.54) is 0 Å². The van der Waals surface area contributed by atoms with Crippen molar-refractivity contribution in [3.8, 4) is 5.88 Å². The number of carboxylic acids is 2. The van der Waals surface area contributed by atoms with Crippen molar-refractivity contribution in [2.75, 3.05) is 33.7 Å². The van der Waals surface area contributed by atoms with Crippen LogP contribution >= 0.6 is 12.2 Å². The third-order valence-electron chi connectivity index (χ3n) is 4.45. The number of likely N-dealkylation sites (tertiary alicyclic amines) is 1. The topological polar surface area (TPSA) is 103 Å². The van der Waals surface area contributed by atoms with Crippen molar-refractivity contribution in [3.63, 3.8) is 0 Å². The van der Waals surface area contributed by atoms with E-state index in [4.69, 9.17) is 27.2 Å². The van der Waals surface area contributed by atoms with E-state index in [1.54, 1.807) is 6.20 Å². The average molecular weight is 393 g/mol.